The summed E-state index contributed by atoms with van der Waals surface area (Å²) in [6.07, 6.45) is 3.05. The van der Waals surface area contributed by atoms with Crippen molar-refractivity contribution in [2.75, 3.05) is 0 Å². The number of carboxylic acid groups (broad SMARTS) is 1. The van der Waals surface area contributed by atoms with Gasteiger partial charge in [0.05, 0.1) is 6.10 Å². The number of carbonyl (C=O) groups is 3. The van der Waals surface area contributed by atoms with E-state index in [0.717, 1.165) is 0 Å². The lowest BCUT2D eigenvalue weighted by Crippen LogP contribution is -2.31. The summed E-state index contributed by atoms with van der Waals surface area (Å²) in [7, 11) is 0. The first-order valence-electron chi connectivity index (χ1n) is 9.48. The summed E-state index contributed by atoms with van der Waals surface area (Å²) in [4.78, 5) is 35.1. The average molecular weight is 394 g/mol. The predicted octanol–water partition coefficient (Wildman–Crippen LogP) is 3.09. The van der Waals surface area contributed by atoms with Crippen LogP contribution in [0.15, 0.2) is 35.6 Å². The zero-order valence-corrected chi connectivity index (χ0v) is 16.7. The number of ketones is 1. The average Bonchev–Trinajstić information content (AvgIpc) is 2.61. The number of rotatable bonds is 10. The number of hydrogen-bond donors (Lipinski definition) is 3. The molecule has 1 saturated heterocycles. The smallest absolute Gasteiger partial charge is 0.345 e. The Morgan fingerprint density at radius 1 is 1.32 bits per heavy atom. The van der Waals surface area contributed by atoms with Crippen molar-refractivity contribution in [3.63, 3.8) is 0 Å². The van der Waals surface area contributed by atoms with Gasteiger partial charge >= 0.3 is 11.9 Å². The molecule has 0 aromatic heterocycles. The fourth-order valence-corrected chi connectivity index (χ4v) is 2.88. The van der Waals surface area contributed by atoms with Crippen molar-refractivity contribution in [2.24, 2.45) is 11.8 Å². The van der Waals surface area contributed by atoms with Crippen molar-refractivity contribution < 1.29 is 34.4 Å². The molecular weight excluding hydrogens is 364 g/mol. The zero-order valence-electron chi connectivity index (χ0n) is 16.7. The molecule has 3 N–H and O–H groups in total. The number of carboxylic acids is 1. The van der Waals surface area contributed by atoms with Crippen LogP contribution in [0.25, 0.3) is 0 Å². The van der Waals surface area contributed by atoms with Crippen LogP contribution in [0.4, 0.5) is 0 Å². The highest BCUT2D eigenvalue weighted by Crippen LogP contribution is 2.23. The monoisotopic (exact) mass is 394 g/mol. The van der Waals surface area contributed by atoms with Gasteiger partial charge in [-0.15, -0.1) is 0 Å². The van der Waals surface area contributed by atoms with E-state index in [1.807, 2.05) is 6.92 Å². The van der Waals surface area contributed by atoms with Gasteiger partial charge in [0.1, 0.15) is 23.4 Å². The third kappa shape index (κ3) is 6.64. The van der Waals surface area contributed by atoms with E-state index < -0.39 is 35.8 Å². The molecule has 1 aliphatic rings. The van der Waals surface area contributed by atoms with Crippen LogP contribution in [-0.4, -0.2) is 45.2 Å². The van der Waals surface area contributed by atoms with Crippen LogP contribution < -0.4 is 0 Å². The van der Waals surface area contributed by atoms with Gasteiger partial charge in [0, 0.05) is 12.8 Å². The van der Waals surface area contributed by atoms with Crippen molar-refractivity contribution in [1.82, 2.24) is 0 Å². The molecular formula is C21H30O7. The number of allylic oxidation sites excluding steroid dienone is 3. The molecule has 0 aliphatic carbocycles. The minimum atomic E-state index is -1.10. The van der Waals surface area contributed by atoms with Crippen LogP contribution in [0.5, 0.6) is 0 Å². The van der Waals surface area contributed by atoms with E-state index in [-0.39, 0.29) is 30.1 Å². The summed E-state index contributed by atoms with van der Waals surface area (Å²) in [5, 5.41) is 29.5. The van der Waals surface area contributed by atoms with Crippen LogP contribution in [0.3, 0.4) is 0 Å². The van der Waals surface area contributed by atoms with Gasteiger partial charge in [-0.1, -0.05) is 44.6 Å². The van der Waals surface area contributed by atoms with E-state index in [9.17, 15) is 29.7 Å². The van der Waals surface area contributed by atoms with E-state index in [4.69, 9.17) is 4.74 Å². The number of hydrogen-bond acceptors (Lipinski definition) is 6. The third-order valence-corrected chi connectivity index (χ3v) is 4.90. The molecule has 0 amide bonds. The largest absolute Gasteiger partial charge is 0.511 e. The van der Waals surface area contributed by atoms with Gasteiger partial charge in [-0.3, -0.25) is 9.59 Å². The van der Waals surface area contributed by atoms with E-state index >= 15 is 0 Å². The summed E-state index contributed by atoms with van der Waals surface area (Å²) in [6, 6.07) is 0. The second-order valence-corrected chi connectivity index (χ2v) is 7.29. The highest BCUT2D eigenvalue weighted by Gasteiger charge is 2.32. The SMILES string of the molecule is C=C(CC=CC(C(=O)O)C(O)C(C)CC)CCC(O)=C1C(=O)CC(C)OC1=O. The molecule has 1 fully saturated rings. The highest BCUT2D eigenvalue weighted by molar-refractivity contribution is 6.19. The van der Waals surface area contributed by atoms with Gasteiger partial charge in [0.15, 0.2) is 5.78 Å². The van der Waals surface area contributed by atoms with Gasteiger partial charge < -0.3 is 20.1 Å². The first-order valence-corrected chi connectivity index (χ1v) is 9.48. The molecule has 0 saturated carbocycles. The Balaban J connectivity index is 2.63. The molecule has 1 rings (SSSR count). The van der Waals surface area contributed by atoms with Crippen LogP contribution in [0.1, 0.15) is 52.9 Å². The quantitative estimate of drug-likeness (QED) is 0.171. The summed E-state index contributed by atoms with van der Waals surface area (Å²) < 4.78 is 4.97. The number of cyclic esters (lactones) is 1. The normalized spacial score (nSPS) is 22.5. The Hall–Kier alpha value is -2.41. The number of esters is 1. The lowest BCUT2D eigenvalue weighted by molar-refractivity contribution is -0.150. The van der Waals surface area contributed by atoms with Crippen molar-refractivity contribution in [1.29, 1.82) is 0 Å². The molecule has 156 valence electrons. The second-order valence-electron chi connectivity index (χ2n) is 7.29. The van der Waals surface area contributed by atoms with Crippen LogP contribution in [0, 0.1) is 11.8 Å². The summed E-state index contributed by atoms with van der Waals surface area (Å²) in [6.45, 7) is 9.15. The molecule has 0 spiro atoms. The molecule has 0 bridgehead atoms. The zero-order chi connectivity index (χ0) is 21.4. The topological polar surface area (TPSA) is 121 Å². The Morgan fingerprint density at radius 2 is 1.96 bits per heavy atom. The van der Waals surface area contributed by atoms with Crippen LogP contribution in [0.2, 0.25) is 0 Å². The van der Waals surface area contributed by atoms with Crippen molar-refractivity contribution in [3.05, 3.63) is 35.6 Å². The molecule has 4 atom stereocenters. The minimum Gasteiger partial charge on any atom is -0.511 e. The second kappa shape index (κ2) is 10.8. The molecule has 4 unspecified atom stereocenters. The molecule has 1 heterocycles. The Bertz CT molecular complexity index is 654. The maximum absolute atomic E-state index is 11.9. The number of carbonyl (C=O) groups excluding carboxylic acids is 2. The fourth-order valence-electron chi connectivity index (χ4n) is 2.88. The van der Waals surface area contributed by atoms with Crippen molar-refractivity contribution >= 4 is 17.7 Å². The molecule has 1 aliphatic heterocycles. The Kier molecular flexibility index (Phi) is 9.12. The fraction of sp³-hybridized carbons (Fsp3) is 0.571. The summed E-state index contributed by atoms with van der Waals surface area (Å²) in [5.41, 5.74) is 0.389. The Labute approximate surface area is 165 Å². The Morgan fingerprint density at radius 3 is 2.50 bits per heavy atom. The standard InChI is InChI=1S/C21H30O7/c1-5-13(3)19(24)15(20(25)26)8-6-7-12(2)9-10-16(22)18-17(23)11-14(4)28-21(18)27/h6,8,13-15,19,22,24H,2,5,7,9-11H2,1,3-4H3,(H,25,26). The molecule has 28 heavy (non-hydrogen) atoms. The lowest BCUT2D eigenvalue weighted by atomic mass is 9.89. The van der Waals surface area contributed by atoms with Gasteiger partial charge in [-0.2, -0.15) is 0 Å². The molecule has 7 nitrogen and oxygen atoms in total. The summed E-state index contributed by atoms with van der Waals surface area (Å²) in [5.74, 6) is -3.81. The first-order chi connectivity index (χ1) is 13.1. The third-order valence-electron chi connectivity index (χ3n) is 4.90. The molecule has 0 aromatic rings. The van der Waals surface area contributed by atoms with Gasteiger partial charge in [-0.05, 0) is 25.7 Å². The summed E-state index contributed by atoms with van der Waals surface area (Å²) >= 11 is 0. The maximum Gasteiger partial charge on any atom is 0.345 e. The molecule has 0 radical (unpaired) electrons. The van der Waals surface area contributed by atoms with E-state index in [1.165, 1.54) is 6.08 Å². The van der Waals surface area contributed by atoms with Crippen LogP contribution in [-0.2, 0) is 19.1 Å². The van der Waals surface area contributed by atoms with Crippen molar-refractivity contribution in [2.45, 2.75) is 65.1 Å². The number of aliphatic hydroxyl groups excluding tert-OH is 2. The highest BCUT2D eigenvalue weighted by atomic mass is 16.5. The van der Waals surface area contributed by atoms with Gasteiger partial charge in [0.2, 0.25) is 0 Å². The minimum absolute atomic E-state index is 0.0455. The van der Waals surface area contributed by atoms with Gasteiger partial charge in [-0.25, -0.2) is 4.79 Å². The van der Waals surface area contributed by atoms with E-state index in [0.29, 0.717) is 24.8 Å². The molecule has 7 heteroatoms. The van der Waals surface area contributed by atoms with Crippen molar-refractivity contribution in [3.8, 4) is 0 Å². The van der Waals surface area contributed by atoms with Crippen LogP contribution >= 0.6 is 0 Å². The number of aliphatic hydroxyl groups is 2. The lowest BCUT2D eigenvalue weighted by Gasteiger charge is -2.21. The van der Waals surface area contributed by atoms with E-state index in [1.54, 1.807) is 19.9 Å². The van der Waals surface area contributed by atoms with E-state index in [2.05, 4.69) is 6.58 Å². The maximum atomic E-state index is 11.9. The van der Waals surface area contributed by atoms with Gasteiger partial charge in [0.25, 0.3) is 0 Å². The molecule has 0 aromatic carbocycles. The number of aliphatic carboxylic acids is 1. The number of ether oxygens (including phenoxy) is 1. The number of Topliss-reactive ketones (excluding diaryl/α,β-unsaturated/α-hetero) is 1. The predicted molar refractivity (Wildman–Crippen MR) is 104 cm³/mol. The first kappa shape index (κ1) is 23.6.